The van der Waals surface area contributed by atoms with E-state index in [-0.39, 0.29) is 16.7 Å². The smallest absolute Gasteiger partial charge is 0.271 e. The van der Waals surface area contributed by atoms with Gasteiger partial charge in [-0.1, -0.05) is 59.8 Å². The number of aromatic nitrogens is 2. The van der Waals surface area contributed by atoms with Crippen LogP contribution in [-0.4, -0.2) is 27.5 Å². The molecule has 0 bridgehead atoms. The molecule has 0 aliphatic heterocycles. The van der Waals surface area contributed by atoms with Gasteiger partial charge < -0.3 is 5.32 Å². The molecule has 0 aliphatic carbocycles. The van der Waals surface area contributed by atoms with Crippen LogP contribution < -0.4 is 10.9 Å². The van der Waals surface area contributed by atoms with Gasteiger partial charge in [0.25, 0.3) is 5.56 Å². The molecule has 0 saturated heterocycles. The van der Waals surface area contributed by atoms with Crippen molar-refractivity contribution < 1.29 is 4.79 Å². The van der Waals surface area contributed by atoms with Crippen molar-refractivity contribution in [2.24, 2.45) is 0 Å². The maximum absolute atomic E-state index is 12.4. The highest BCUT2D eigenvalue weighted by atomic mass is 32.2. The molecule has 0 radical (unpaired) electrons. The first-order chi connectivity index (χ1) is 14.0. The van der Waals surface area contributed by atoms with E-state index in [0.29, 0.717) is 17.3 Å². The van der Waals surface area contributed by atoms with Crippen LogP contribution in [0.15, 0.2) is 76.6 Å². The molecule has 1 amide bonds. The summed E-state index contributed by atoms with van der Waals surface area (Å²) in [7, 11) is 0. The van der Waals surface area contributed by atoms with Crippen LogP contribution in [0.4, 0.5) is 0 Å². The summed E-state index contributed by atoms with van der Waals surface area (Å²) in [6.07, 6.45) is 1.83. The number of hydrogen-bond acceptors (Lipinski definition) is 4. The minimum atomic E-state index is -0.303. The Labute approximate surface area is 175 Å². The van der Waals surface area contributed by atoms with Crippen molar-refractivity contribution in [3.8, 4) is 5.69 Å². The van der Waals surface area contributed by atoms with E-state index in [0.717, 1.165) is 18.4 Å². The third-order valence-corrected chi connectivity index (χ3v) is 5.53. The highest BCUT2D eigenvalue weighted by Crippen LogP contribution is 2.20. The van der Waals surface area contributed by atoms with Gasteiger partial charge in [-0.25, -0.2) is 0 Å². The first-order valence-corrected chi connectivity index (χ1v) is 10.6. The predicted molar refractivity (Wildman–Crippen MR) is 118 cm³/mol. The summed E-state index contributed by atoms with van der Waals surface area (Å²) in [5, 5.41) is 7.73. The maximum Gasteiger partial charge on any atom is 0.271 e. The van der Waals surface area contributed by atoms with Gasteiger partial charge in [-0.3, -0.25) is 9.59 Å². The lowest BCUT2D eigenvalue weighted by Gasteiger charge is -2.12. The maximum atomic E-state index is 12.4. The van der Waals surface area contributed by atoms with Gasteiger partial charge in [0.15, 0.2) is 0 Å². The van der Waals surface area contributed by atoms with E-state index in [1.54, 1.807) is 6.07 Å². The highest BCUT2D eigenvalue weighted by Gasteiger charge is 2.15. The summed E-state index contributed by atoms with van der Waals surface area (Å²) in [4.78, 5) is 24.6. The van der Waals surface area contributed by atoms with Crippen LogP contribution in [0.5, 0.6) is 0 Å². The Morgan fingerprint density at radius 2 is 1.79 bits per heavy atom. The largest absolute Gasteiger partial charge is 0.355 e. The van der Waals surface area contributed by atoms with Crippen LogP contribution in [0.2, 0.25) is 0 Å². The molecule has 3 aromatic rings. The lowest BCUT2D eigenvalue weighted by molar-refractivity contribution is -0.120. The summed E-state index contributed by atoms with van der Waals surface area (Å²) in [5.74, 6) is -0.0297. The molecule has 29 heavy (non-hydrogen) atoms. The molecule has 1 aromatic heterocycles. The molecule has 5 nitrogen and oxygen atoms in total. The molecule has 6 heteroatoms. The Morgan fingerprint density at radius 1 is 1.07 bits per heavy atom. The van der Waals surface area contributed by atoms with E-state index in [1.807, 2.05) is 56.3 Å². The predicted octanol–water partition coefficient (Wildman–Crippen LogP) is 3.77. The zero-order chi connectivity index (χ0) is 20.6. The molecule has 0 saturated carbocycles. The van der Waals surface area contributed by atoms with Crippen molar-refractivity contribution in [3.05, 3.63) is 88.2 Å². The van der Waals surface area contributed by atoms with Gasteiger partial charge in [0.1, 0.15) is 5.03 Å². The summed E-state index contributed by atoms with van der Waals surface area (Å²) < 4.78 is 1.37. The van der Waals surface area contributed by atoms with Gasteiger partial charge in [-0.2, -0.15) is 9.78 Å². The van der Waals surface area contributed by atoms with Crippen molar-refractivity contribution in [1.29, 1.82) is 0 Å². The summed E-state index contributed by atoms with van der Waals surface area (Å²) >= 11 is 1.34. The number of carbonyl (C=O) groups excluding carboxylic acids is 1. The Morgan fingerprint density at radius 3 is 2.52 bits per heavy atom. The number of nitrogens with zero attached hydrogens (tertiary/aromatic N) is 2. The van der Waals surface area contributed by atoms with Gasteiger partial charge in [-0.05, 0) is 50.5 Å². The molecule has 150 valence electrons. The molecule has 1 heterocycles. The average Bonchev–Trinajstić information content (AvgIpc) is 2.74. The van der Waals surface area contributed by atoms with Gasteiger partial charge in [0.2, 0.25) is 5.91 Å². The number of carbonyl (C=O) groups is 1. The molecular formula is C23H25N3O2S. The molecular weight excluding hydrogens is 382 g/mol. The molecule has 1 atom stereocenters. The van der Waals surface area contributed by atoms with E-state index in [4.69, 9.17) is 0 Å². The highest BCUT2D eigenvalue weighted by molar-refractivity contribution is 8.00. The average molecular weight is 408 g/mol. The Bertz CT molecular complexity index is 1000. The van der Waals surface area contributed by atoms with E-state index in [1.165, 1.54) is 28.1 Å². The van der Waals surface area contributed by atoms with E-state index < -0.39 is 0 Å². The van der Waals surface area contributed by atoms with Gasteiger partial charge in [0.05, 0.1) is 10.9 Å². The molecule has 1 N–H and O–H groups in total. The van der Waals surface area contributed by atoms with Crippen LogP contribution in [0, 0.1) is 6.92 Å². The third-order valence-electron chi connectivity index (χ3n) is 4.51. The first-order valence-electron chi connectivity index (χ1n) is 9.68. The number of thioether (sulfide) groups is 1. The van der Waals surface area contributed by atoms with Crippen LogP contribution in [0.25, 0.3) is 5.69 Å². The topological polar surface area (TPSA) is 64.0 Å². The number of rotatable bonds is 8. The van der Waals surface area contributed by atoms with Crippen molar-refractivity contribution in [2.75, 3.05) is 6.54 Å². The number of amides is 1. The lowest BCUT2D eigenvalue weighted by Crippen LogP contribution is -2.32. The van der Waals surface area contributed by atoms with Crippen LogP contribution in [-0.2, 0) is 11.2 Å². The molecule has 3 rings (SSSR count). The number of aryl methyl sites for hydroxylation is 2. The fourth-order valence-corrected chi connectivity index (χ4v) is 3.68. The van der Waals surface area contributed by atoms with Crippen LogP contribution in [0.1, 0.15) is 24.5 Å². The van der Waals surface area contributed by atoms with Crippen molar-refractivity contribution >= 4 is 17.7 Å². The van der Waals surface area contributed by atoms with Crippen molar-refractivity contribution in [3.63, 3.8) is 0 Å². The fourth-order valence-electron chi connectivity index (χ4n) is 2.86. The quantitative estimate of drug-likeness (QED) is 0.456. The monoisotopic (exact) mass is 407 g/mol. The lowest BCUT2D eigenvalue weighted by atomic mass is 10.1. The minimum absolute atomic E-state index is 0.0297. The van der Waals surface area contributed by atoms with Crippen molar-refractivity contribution in [2.45, 2.75) is 37.0 Å². The Hall–Kier alpha value is -2.86. The third kappa shape index (κ3) is 6.06. The van der Waals surface area contributed by atoms with Crippen molar-refractivity contribution in [1.82, 2.24) is 15.1 Å². The number of benzene rings is 2. The second kappa shape index (κ2) is 10.1. The van der Waals surface area contributed by atoms with E-state index in [2.05, 4.69) is 22.5 Å². The van der Waals surface area contributed by atoms with Gasteiger partial charge in [0, 0.05) is 12.6 Å². The molecule has 0 fully saturated rings. The summed E-state index contributed by atoms with van der Waals surface area (Å²) in [5.41, 5.74) is 2.90. The minimum Gasteiger partial charge on any atom is -0.355 e. The Kier molecular flexibility index (Phi) is 7.25. The molecule has 0 aliphatic rings. The van der Waals surface area contributed by atoms with Crippen LogP contribution >= 0.6 is 11.8 Å². The van der Waals surface area contributed by atoms with Crippen LogP contribution in [0.3, 0.4) is 0 Å². The summed E-state index contributed by atoms with van der Waals surface area (Å²) in [6.45, 7) is 4.47. The van der Waals surface area contributed by atoms with E-state index in [9.17, 15) is 9.59 Å². The SMILES string of the molecule is Cc1ccc(-n2nc(S[C@@H](C)C(=O)NCCCc3ccccc3)ccc2=O)cc1. The second-order valence-corrected chi connectivity index (χ2v) is 8.26. The van der Waals surface area contributed by atoms with E-state index >= 15 is 0 Å². The fraction of sp³-hybridized carbons (Fsp3) is 0.261. The molecule has 0 unspecified atom stereocenters. The van der Waals surface area contributed by atoms with Gasteiger partial charge >= 0.3 is 0 Å². The molecule has 0 spiro atoms. The number of nitrogens with one attached hydrogen (secondary N) is 1. The number of hydrogen-bond donors (Lipinski definition) is 1. The standard InChI is InChI=1S/C23H25N3O2S/c1-17-10-12-20(13-11-17)26-22(27)15-14-21(25-26)29-18(2)23(28)24-16-6-9-19-7-4-3-5-8-19/h3-5,7-8,10-15,18H,6,9,16H2,1-2H3,(H,24,28)/t18-/m0/s1. The second-order valence-electron chi connectivity index (χ2n) is 6.90. The normalized spacial score (nSPS) is 11.8. The Balaban J connectivity index is 1.55. The van der Waals surface area contributed by atoms with Gasteiger partial charge in [-0.15, -0.1) is 0 Å². The summed E-state index contributed by atoms with van der Waals surface area (Å²) in [6, 6.07) is 21.0. The zero-order valence-electron chi connectivity index (χ0n) is 16.7. The zero-order valence-corrected chi connectivity index (χ0v) is 17.5. The molecule has 2 aromatic carbocycles. The first kappa shape index (κ1) is 20.9.